The Morgan fingerprint density at radius 3 is 2.52 bits per heavy atom. The molecule has 1 aliphatic carbocycles. The molecule has 6 heteroatoms. The van der Waals surface area contributed by atoms with Crippen molar-refractivity contribution >= 4 is 15.9 Å². The molecule has 5 nitrogen and oxygen atoms in total. The first-order valence-electron chi connectivity index (χ1n) is 7.40. The number of nitrogens with zero attached hydrogens (tertiary/aromatic N) is 1. The van der Waals surface area contributed by atoms with Gasteiger partial charge in [-0.05, 0) is 50.3 Å². The van der Waals surface area contributed by atoms with E-state index in [0.717, 1.165) is 31.2 Å². The summed E-state index contributed by atoms with van der Waals surface area (Å²) in [4.78, 5) is 12.4. The predicted octanol–water partition coefficient (Wildman–Crippen LogP) is 1.67. The van der Waals surface area contributed by atoms with Gasteiger partial charge in [0.15, 0.2) is 0 Å². The van der Waals surface area contributed by atoms with Gasteiger partial charge in [0, 0.05) is 24.7 Å². The molecule has 0 atom stereocenters. The molecule has 1 saturated heterocycles. The molecule has 1 aliphatic heterocycles. The molecular weight excluding hydrogens is 288 g/mol. The summed E-state index contributed by atoms with van der Waals surface area (Å²) in [6.07, 6.45) is 3.83. The molecule has 1 heterocycles. The van der Waals surface area contributed by atoms with Gasteiger partial charge in [-0.25, -0.2) is 8.42 Å². The SMILES string of the molecule is Cc1ccc(S(=O)(=O)N2CCCC2)cc1C(=O)NC1CC1. The fourth-order valence-corrected chi connectivity index (χ4v) is 4.12. The maximum Gasteiger partial charge on any atom is 0.251 e. The Labute approximate surface area is 125 Å². The zero-order valence-electron chi connectivity index (χ0n) is 12.1. The number of aryl methyl sites for hydroxylation is 1. The summed E-state index contributed by atoms with van der Waals surface area (Å²) in [7, 11) is -3.47. The first-order valence-corrected chi connectivity index (χ1v) is 8.84. The fourth-order valence-electron chi connectivity index (χ4n) is 2.57. The van der Waals surface area contributed by atoms with Gasteiger partial charge in [0.25, 0.3) is 5.91 Å². The Hall–Kier alpha value is -1.40. The van der Waals surface area contributed by atoms with Crippen LogP contribution in [-0.4, -0.2) is 37.8 Å². The van der Waals surface area contributed by atoms with Crippen LogP contribution in [-0.2, 0) is 10.0 Å². The van der Waals surface area contributed by atoms with E-state index >= 15 is 0 Å². The summed E-state index contributed by atoms with van der Waals surface area (Å²) in [6, 6.07) is 5.08. The second-order valence-corrected chi connectivity index (χ2v) is 7.77. The van der Waals surface area contributed by atoms with Crippen LogP contribution in [0.25, 0.3) is 0 Å². The molecule has 1 aromatic rings. The van der Waals surface area contributed by atoms with E-state index in [0.29, 0.717) is 18.7 Å². The first kappa shape index (κ1) is 14.5. The van der Waals surface area contributed by atoms with Gasteiger partial charge in [-0.2, -0.15) is 4.31 Å². The molecule has 2 fully saturated rings. The second kappa shape index (κ2) is 5.42. The highest BCUT2D eigenvalue weighted by Crippen LogP contribution is 2.24. The lowest BCUT2D eigenvalue weighted by Gasteiger charge is -2.16. The van der Waals surface area contributed by atoms with E-state index < -0.39 is 10.0 Å². The molecule has 1 amide bonds. The van der Waals surface area contributed by atoms with Crippen LogP contribution in [0.4, 0.5) is 0 Å². The van der Waals surface area contributed by atoms with E-state index in [4.69, 9.17) is 0 Å². The van der Waals surface area contributed by atoms with Gasteiger partial charge in [-0.1, -0.05) is 6.07 Å². The maximum atomic E-state index is 12.5. The first-order chi connectivity index (χ1) is 9.98. The summed E-state index contributed by atoms with van der Waals surface area (Å²) >= 11 is 0. The van der Waals surface area contributed by atoms with Gasteiger partial charge in [-0.3, -0.25) is 4.79 Å². The maximum absolute atomic E-state index is 12.5. The third-order valence-electron chi connectivity index (χ3n) is 4.07. The standard InChI is InChI=1S/C15H20N2O3S/c1-11-4-7-13(21(19,20)17-8-2-3-9-17)10-14(11)15(18)16-12-5-6-12/h4,7,10,12H,2-3,5-6,8-9H2,1H3,(H,16,18). The molecular formula is C15H20N2O3S. The van der Waals surface area contributed by atoms with Crippen LogP contribution >= 0.6 is 0 Å². The minimum absolute atomic E-state index is 0.173. The summed E-state index contributed by atoms with van der Waals surface area (Å²) in [6.45, 7) is 2.97. The molecule has 2 aliphatic rings. The Morgan fingerprint density at radius 2 is 1.90 bits per heavy atom. The molecule has 3 rings (SSSR count). The van der Waals surface area contributed by atoms with Crippen molar-refractivity contribution in [1.82, 2.24) is 9.62 Å². The quantitative estimate of drug-likeness (QED) is 0.920. The zero-order valence-corrected chi connectivity index (χ0v) is 12.9. The molecule has 0 aromatic heterocycles. The van der Waals surface area contributed by atoms with Crippen LogP contribution in [0, 0.1) is 6.92 Å². The molecule has 0 unspecified atom stereocenters. The number of amides is 1. The topological polar surface area (TPSA) is 66.5 Å². The number of nitrogens with one attached hydrogen (secondary N) is 1. The minimum atomic E-state index is -3.47. The average molecular weight is 308 g/mol. The zero-order chi connectivity index (χ0) is 15.0. The van der Waals surface area contributed by atoms with Gasteiger partial charge < -0.3 is 5.32 Å². The van der Waals surface area contributed by atoms with Crippen LogP contribution in [0.15, 0.2) is 23.1 Å². The Balaban J connectivity index is 1.90. The van der Waals surface area contributed by atoms with E-state index in [1.54, 1.807) is 12.1 Å². The van der Waals surface area contributed by atoms with Crippen molar-refractivity contribution in [2.45, 2.75) is 43.5 Å². The molecule has 1 N–H and O–H groups in total. The predicted molar refractivity (Wildman–Crippen MR) is 79.7 cm³/mol. The van der Waals surface area contributed by atoms with Gasteiger partial charge in [-0.15, -0.1) is 0 Å². The summed E-state index contributed by atoms with van der Waals surface area (Å²) in [5, 5.41) is 2.91. The third kappa shape index (κ3) is 2.96. The van der Waals surface area contributed by atoms with Gasteiger partial charge in [0.05, 0.1) is 4.90 Å². The fraction of sp³-hybridized carbons (Fsp3) is 0.533. The smallest absolute Gasteiger partial charge is 0.251 e. The van der Waals surface area contributed by atoms with E-state index in [2.05, 4.69) is 5.32 Å². The number of carbonyl (C=O) groups is 1. The van der Waals surface area contributed by atoms with Crippen molar-refractivity contribution < 1.29 is 13.2 Å². The Kier molecular flexibility index (Phi) is 3.75. The molecule has 1 saturated carbocycles. The van der Waals surface area contributed by atoms with Crippen LogP contribution in [0.1, 0.15) is 41.6 Å². The average Bonchev–Trinajstić information content (AvgIpc) is 3.07. The van der Waals surface area contributed by atoms with Crippen molar-refractivity contribution in [2.24, 2.45) is 0 Å². The van der Waals surface area contributed by atoms with Crippen molar-refractivity contribution in [1.29, 1.82) is 0 Å². The summed E-state index contributed by atoms with van der Waals surface area (Å²) in [5.41, 5.74) is 1.26. The number of benzene rings is 1. The third-order valence-corrected chi connectivity index (χ3v) is 5.96. The highest BCUT2D eigenvalue weighted by atomic mass is 32.2. The monoisotopic (exact) mass is 308 g/mol. The number of hydrogen-bond donors (Lipinski definition) is 1. The van der Waals surface area contributed by atoms with Crippen molar-refractivity contribution in [2.75, 3.05) is 13.1 Å². The molecule has 1 aromatic carbocycles. The van der Waals surface area contributed by atoms with Gasteiger partial charge in [0.2, 0.25) is 10.0 Å². The van der Waals surface area contributed by atoms with E-state index in [1.165, 1.54) is 10.4 Å². The summed E-state index contributed by atoms with van der Waals surface area (Å²) in [5.74, 6) is -0.173. The largest absolute Gasteiger partial charge is 0.349 e. The van der Waals surface area contributed by atoms with Crippen molar-refractivity contribution in [3.05, 3.63) is 29.3 Å². The van der Waals surface area contributed by atoms with E-state index in [1.807, 2.05) is 6.92 Å². The van der Waals surface area contributed by atoms with Crippen LogP contribution in [0.5, 0.6) is 0 Å². The highest BCUT2D eigenvalue weighted by molar-refractivity contribution is 7.89. The van der Waals surface area contributed by atoms with Crippen LogP contribution in [0.2, 0.25) is 0 Å². The molecule has 0 radical (unpaired) electrons. The van der Waals surface area contributed by atoms with E-state index in [-0.39, 0.29) is 16.8 Å². The second-order valence-electron chi connectivity index (χ2n) is 5.84. The minimum Gasteiger partial charge on any atom is -0.349 e. The summed E-state index contributed by atoms with van der Waals surface area (Å²) < 4.78 is 26.6. The lowest BCUT2D eigenvalue weighted by atomic mass is 10.1. The number of carbonyl (C=O) groups excluding carboxylic acids is 1. The van der Waals surface area contributed by atoms with Gasteiger partial charge >= 0.3 is 0 Å². The van der Waals surface area contributed by atoms with Gasteiger partial charge in [0.1, 0.15) is 0 Å². The van der Waals surface area contributed by atoms with Crippen molar-refractivity contribution in [3.8, 4) is 0 Å². The lowest BCUT2D eigenvalue weighted by molar-refractivity contribution is 0.0950. The van der Waals surface area contributed by atoms with E-state index in [9.17, 15) is 13.2 Å². The Bertz CT molecular complexity index is 659. The van der Waals surface area contributed by atoms with Crippen LogP contribution < -0.4 is 5.32 Å². The molecule has 0 bridgehead atoms. The molecule has 114 valence electrons. The van der Waals surface area contributed by atoms with Crippen LogP contribution in [0.3, 0.4) is 0 Å². The highest BCUT2D eigenvalue weighted by Gasteiger charge is 2.29. The molecule has 21 heavy (non-hydrogen) atoms. The number of hydrogen-bond acceptors (Lipinski definition) is 3. The lowest BCUT2D eigenvalue weighted by Crippen LogP contribution is -2.29. The number of rotatable bonds is 4. The number of sulfonamides is 1. The normalized spacial score (nSPS) is 19.7. The van der Waals surface area contributed by atoms with Crippen molar-refractivity contribution in [3.63, 3.8) is 0 Å². The molecule has 0 spiro atoms. The Morgan fingerprint density at radius 1 is 1.24 bits per heavy atom.